The van der Waals surface area contributed by atoms with Crippen LogP contribution in [0.25, 0.3) is 22.6 Å². The molecule has 1 atom stereocenters. The summed E-state index contributed by atoms with van der Waals surface area (Å²) in [4.78, 5) is 27.8. The van der Waals surface area contributed by atoms with Crippen LogP contribution in [0, 0.1) is 5.92 Å². The van der Waals surface area contributed by atoms with E-state index in [1.54, 1.807) is 23.0 Å². The zero-order valence-electron chi connectivity index (χ0n) is 20.4. The molecular formula is C25H28F3N7O2. The molecule has 3 aromatic heterocycles. The van der Waals surface area contributed by atoms with Crippen LogP contribution in [0.1, 0.15) is 37.3 Å². The van der Waals surface area contributed by atoms with Crippen LogP contribution >= 0.6 is 0 Å². The normalized spacial score (nSPS) is 16.6. The van der Waals surface area contributed by atoms with Crippen LogP contribution in [0.4, 0.5) is 19.1 Å². The number of rotatable bonds is 7. The van der Waals surface area contributed by atoms with Gasteiger partial charge in [0, 0.05) is 32.4 Å². The van der Waals surface area contributed by atoms with E-state index in [1.807, 2.05) is 11.8 Å². The molecule has 0 saturated carbocycles. The van der Waals surface area contributed by atoms with E-state index < -0.39 is 11.7 Å². The van der Waals surface area contributed by atoms with Gasteiger partial charge in [-0.1, -0.05) is 19.1 Å². The third-order valence-corrected chi connectivity index (χ3v) is 6.60. The minimum absolute atomic E-state index is 0.0911. The van der Waals surface area contributed by atoms with Crippen LogP contribution in [0.15, 0.2) is 41.5 Å². The number of nitrogens with one attached hydrogen (secondary N) is 1. The van der Waals surface area contributed by atoms with Gasteiger partial charge in [0.15, 0.2) is 11.2 Å². The molecule has 4 aromatic rings. The summed E-state index contributed by atoms with van der Waals surface area (Å²) < 4.78 is 42.3. The van der Waals surface area contributed by atoms with Gasteiger partial charge in [-0.15, -0.1) is 0 Å². The maximum absolute atomic E-state index is 13.4. The molecule has 37 heavy (non-hydrogen) atoms. The Morgan fingerprint density at radius 3 is 2.84 bits per heavy atom. The first-order chi connectivity index (χ1) is 17.8. The Balaban J connectivity index is 1.46. The summed E-state index contributed by atoms with van der Waals surface area (Å²) in [5.41, 5.74) is 0.700. The number of anilines is 1. The van der Waals surface area contributed by atoms with E-state index in [1.165, 1.54) is 10.7 Å². The second kappa shape index (κ2) is 10.0. The fraction of sp³-hybridized carbons (Fsp3) is 0.440. The van der Waals surface area contributed by atoms with E-state index >= 15 is 0 Å². The lowest BCUT2D eigenvalue weighted by molar-refractivity contribution is -0.137. The van der Waals surface area contributed by atoms with Crippen molar-refractivity contribution in [2.45, 2.75) is 45.5 Å². The molecule has 1 aromatic carbocycles. The number of alkyl halides is 3. The number of fused-ring (bicyclic) bond motifs is 1. The second-order valence-electron chi connectivity index (χ2n) is 9.41. The van der Waals surface area contributed by atoms with Gasteiger partial charge >= 0.3 is 6.18 Å². The summed E-state index contributed by atoms with van der Waals surface area (Å²) >= 11 is 0. The molecule has 9 nitrogen and oxygen atoms in total. The number of aromatic amines is 1. The first kappa shape index (κ1) is 25.0. The maximum Gasteiger partial charge on any atom is 0.416 e. The van der Waals surface area contributed by atoms with Gasteiger partial charge in [-0.2, -0.15) is 23.3 Å². The topological polar surface area (TPSA) is 105 Å². The number of aromatic nitrogens is 6. The predicted octanol–water partition coefficient (Wildman–Crippen LogP) is 3.67. The number of nitrogens with zero attached hydrogens (tertiary/aromatic N) is 6. The highest BCUT2D eigenvalue weighted by Gasteiger charge is 2.30. The van der Waals surface area contributed by atoms with Crippen molar-refractivity contribution in [3.8, 4) is 11.4 Å². The van der Waals surface area contributed by atoms with E-state index in [0.29, 0.717) is 41.6 Å². The number of imidazole rings is 1. The molecule has 1 aliphatic heterocycles. The zero-order chi connectivity index (χ0) is 26.2. The highest BCUT2D eigenvalue weighted by Crippen LogP contribution is 2.30. The lowest BCUT2D eigenvalue weighted by Crippen LogP contribution is -2.41. The number of piperidine rings is 1. The molecule has 0 spiro atoms. The largest absolute Gasteiger partial charge is 0.416 e. The van der Waals surface area contributed by atoms with Gasteiger partial charge in [0.05, 0.1) is 23.9 Å². The average Bonchev–Trinajstić information content (AvgIpc) is 3.53. The monoisotopic (exact) mass is 515 g/mol. The van der Waals surface area contributed by atoms with E-state index in [4.69, 9.17) is 4.98 Å². The van der Waals surface area contributed by atoms with E-state index in [0.717, 1.165) is 37.9 Å². The number of aliphatic hydroxyl groups is 1. The number of H-pyrrole nitrogens is 1. The summed E-state index contributed by atoms with van der Waals surface area (Å²) in [7, 11) is 0. The summed E-state index contributed by atoms with van der Waals surface area (Å²) in [6, 6.07) is 5.12. The number of hydrogen-bond acceptors (Lipinski definition) is 6. The van der Waals surface area contributed by atoms with Gasteiger partial charge in [-0.3, -0.25) is 14.0 Å². The quantitative estimate of drug-likeness (QED) is 0.389. The van der Waals surface area contributed by atoms with Crippen molar-refractivity contribution < 1.29 is 18.3 Å². The molecule has 1 aliphatic rings. The summed E-state index contributed by atoms with van der Waals surface area (Å²) in [6.07, 6.45) is 1.39. The summed E-state index contributed by atoms with van der Waals surface area (Å²) in [5, 5.41) is 13.9. The Morgan fingerprint density at radius 2 is 2.08 bits per heavy atom. The van der Waals surface area contributed by atoms with Gasteiger partial charge in [-0.25, -0.2) is 4.98 Å². The lowest BCUT2D eigenvalue weighted by Gasteiger charge is -2.33. The molecule has 1 unspecified atom stereocenters. The van der Waals surface area contributed by atoms with Crippen LogP contribution < -0.4 is 10.5 Å². The Kier molecular flexibility index (Phi) is 6.76. The third kappa shape index (κ3) is 5.10. The molecule has 1 fully saturated rings. The van der Waals surface area contributed by atoms with Crippen molar-refractivity contribution in [1.29, 1.82) is 0 Å². The molecule has 5 rings (SSSR count). The van der Waals surface area contributed by atoms with Crippen molar-refractivity contribution >= 4 is 17.1 Å². The number of halogens is 3. The highest BCUT2D eigenvalue weighted by molar-refractivity contribution is 5.76. The molecule has 196 valence electrons. The average molecular weight is 516 g/mol. The molecular weight excluding hydrogens is 487 g/mol. The zero-order valence-corrected chi connectivity index (χ0v) is 20.4. The van der Waals surface area contributed by atoms with Gasteiger partial charge in [0.1, 0.15) is 5.82 Å². The van der Waals surface area contributed by atoms with Gasteiger partial charge in [0.2, 0.25) is 5.95 Å². The van der Waals surface area contributed by atoms with Crippen LogP contribution in [0.2, 0.25) is 0 Å². The second-order valence-corrected chi connectivity index (χ2v) is 9.41. The van der Waals surface area contributed by atoms with Crippen molar-refractivity contribution in [2.75, 3.05) is 24.6 Å². The van der Waals surface area contributed by atoms with Gasteiger partial charge in [0.25, 0.3) is 5.56 Å². The summed E-state index contributed by atoms with van der Waals surface area (Å²) in [6.45, 7) is 4.10. The molecule has 2 N–H and O–H groups in total. The van der Waals surface area contributed by atoms with Gasteiger partial charge < -0.3 is 15.0 Å². The highest BCUT2D eigenvalue weighted by atomic mass is 19.4. The molecule has 4 heterocycles. The fourth-order valence-electron chi connectivity index (χ4n) is 4.78. The van der Waals surface area contributed by atoms with Crippen molar-refractivity contribution in [3.05, 3.63) is 58.1 Å². The maximum atomic E-state index is 13.4. The Hall–Kier alpha value is -3.67. The molecule has 1 saturated heterocycles. The van der Waals surface area contributed by atoms with E-state index in [-0.39, 0.29) is 30.1 Å². The Bertz CT molecular complexity index is 1460. The van der Waals surface area contributed by atoms with Crippen molar-refractivity contribution in [2.24, 2.45) is 5.92 Å². The SMILES string of the molecule is CCCn1c(N2CCCC(CO)C2)nc2nc(-c3cnn(Cc4cccc(C(F)(F)F)c4)c3)[nH]c2c1=O. The van der Waals surface area contributed by atoms with Crippen LogP contribution in [0.3, 0.4) is 0 Å². The first-order valence-corrected chi connectivity index (χ1v) is 12.3. The van der Waals surface area contributed by atoms with E-state index in [9.17, 15) is 23.1 Å². The molecule has 0 radical (unpaired) electrons. The first-order valence-electron chi connectivity index (χ1n) is 12.3. The smallest absolute Gasteiger partial charge is 0.396 e. The predicted molar refractivity (Wildman–Crippen MR) is 132 cm³/mol. The number of hydrogen-bond donors (Lipinski definition) is 2. The lowest BCUT2D eigenvalue weighted by atomic mass is 9.99. The standard InChI is InChI=1S/C25H28F3N7O2/c1-2-8-35-23(37)20-22(32-24(35)33-9-4-6-17(12-33)15-36)31-21(30-20)18-11-29-34(14-18)13-16-5-3-7-19(10-16)25(26,27)28/h3,5,7,10-11,14,17,36H,2,4,6,8-9,12-13,15H2,1H3,(H,30,31). The Labute approximate surface area is 210 Å². The molecule has 0 aliphatic carbocycles. The number of aliphatic hydroxyl groups excluding tert-OH is 1. The molecule has 0 bridgehead atoms. The molecule has 0 amide bonds. The van der Waals surface area contributed by atoms with Crippen LogP contribution in [-0.2, 0) is 19.3 Å². The van der Waals surface area contributed by atoms with Crippen LogP contribution in [0.5, 0.6) is 0 Å². The van der Waals surface area contributed by atoms with Crippen molar-refractivity contribution in [3.63, 3.8) is 0 Å². The third-order valence-electron chi connectivity index (χ3n) is 6.60. The van der Waals surface area contributed by atoms with Crippen LogP contribution in [-0.4, -0.2) is 54.1 Å². The minimum Gasteiger partial charge on any atom is -0.396 e. The minimum atomic E-state index is -4.41. The van der Waals surface area contributed by atoms with E-state index in [2.05, 4.69) is 15.1 Å². The fourth-order valence-corrected chi connectivity index (χ4v) is 4.78. The molecule has 12 heteroatoms. The van der Waals surface area contributed by atoms with Gasteiger partial charge in [-0.05, 0) is 42.9 Å². The van der Waals surface area contributed by atoms with Crippen molar-refractivity contribution in [1.82, 2.24) is 29.3 Å². The Morgan fingerprint density at radius 1 is 1.24 bits per heavy atom. The summed E-state index contributed by atoms with van der Waals surface area (Å²) in [5.74, 6) is 1.09. The number of benzene rings is 1.